The number of Topliss-reactive ketones (excluding diaryl/α,β-unsaturated/α-hetero) is 1. The van der Waals surface area contributed by atoms with E-state index in [2.05, 4.69) is 16.6 Å². The zero-order valence-corrected chi connectivity index (χ0v) is 22.3. The van der Waals surface area contributed by atoms with Gasteiger partial charge in [-0.3, -0.25) is 19.2 Å². The Morgan fingerprint density at radius 2 is 1.73 bits per heavy atom. The van der Waals surface area contributed by atoms with Crippen molar-refractivity contribution in [2.45, 2.75) is 90.8 Å². The highest BCUT2D eigenvalue weighted by atomic mass is 16.2. The fraction of sp³-hybridized carbons (Fsp3) is 0.600. The molecule has 7 heteroatoms. The number of terminal acetylenes is 1. The van der Waals surface area contributed by atoms with Crippen LogP contribution in [0.2, 0.25) is 0 Å². The van der Waals surface area contributed by atoms with E-state index in [1.165, 1.54) is 0 Å². The molecule has 1 heterocycles. The third-order valence-electron chi connectivity index (χ3n) is 8.39. The average molecular weight is 506 g/mol. The maximum Gasteiger partial charge on any atom is 0.246 e. The molecule has 3 fully saturated rings. The van der Waals surface area contributed by atoms with Crippen molar-refractivity contribution >= 4 is 23.5 Å². The third kappa shape index (κ3) is 6.06. The molecule has 2 unspecified atom stereocenters. The van der Waals surface area contributed by atoms with Gasteiger partial charge >= 0.3 is 0 Å². The van der Waals surface area contributed by atoms with Crippen LogP contribution < -0.4 is 10.6 Å². The lowest BCUT2D eigenvalue weighted by Gasteiger charge is -2.45. The van der Waals surface area contributed by atoms with Crippen molar-refractivity contribution in [1.82, 2.24) is 15.5 Å². The van der Waals surface area contributed by atoms with E-state index in [4.69, 9.17) is 6.42 Å². The Labute approximate surface area is 220 Å². The number of likely N-dealkylation sites (tertiary alicyclic amines) is 1. The summed E-state index contributed by atoms with van der Waals surface area (Å²) < 4.78 is 0. The summed E-state index contributed by atoms with van der Waals surface area (Å²) in [5.41, 5.74) is 1.32. The Morgan fingerprint density at radius 3 is 2.30 bits per heavy atom. The maximum atomic E-state index is 13.7. The molecule has 1 aliphatic heterocycles. The number of nitrogens with one attached hydrogen (secondary N) is 2. The van der Waals surface area contributed by atoms with Gasteiger partial charge in [-0.25, -0.2) is 0 Å². The van der Waals surface area contributed by atoms with Crippen LogP contribution in [0.4, 0.5) is 0 Å². The molecule has 7 nitrogen and oxygen atoms in total. The lowest BCUT2D eigenvalue weighted by atomic mass is 9.58. The Kier molecular flexibility index (Phi) is 7.77. The van der Waals surface area contributed by atoms with Crippen LogP contribution in [0.5, 0.6) is 0 Å². The van der Waals surface area contributed by atoms with Gasteiger partial charge < -0.3 is 15.5 Å². The van der Waals surface area contributed by atoms with Gasteiger partial charge in [-0.1, -0.05) is 38.8 Å². The van der Waals surface area contributed by atoms with E-state index in [1.54, 1.807) is 4.90 Å². The lowest BCUT2D eigenvalue weighted by Crippen LogP contribution is -2.58. The Morgan fingerprint density at radius 1 is 1.08 bits per heavy atom. The third-order valence-corrected chi connectivity index (χ3v) is 8.39. The molecule has 0 radical (unpaired) electrons. The molecule has 2 aliphatic carbocycles. The van der Waals surface area contributed by atoms with Gasteiger partial charge in [0.15, 0.2) is 0 Å². The molecule has 3 amide bonds. The Balaban J connectivity index is 1.36. The number of nitrogens with zero attached hydrogens (tertiary/aromatic N) is 1. The number of hydrogen-bond donors (Lipinski definition) is 2. The van der Waals surface area contributed by atoms with E-state index in [9.17, 15) is 19.2 Å². The molecule has 1 aromatic rings. The van der Waals surface area contributed by atoms with Gasteiger partial charge in [-0.05, 0) is 67.1 Å². The fourth-order valence-corrected chi connectivity index (χ4v) is 6.03. The van der Waals surface area contributed by atoms with Crippen molar-refractivity contribution < 1.29 is 19.2 Å². The number of hydrogen-bond acceptors (Lipinski definition) is 4. The summed E-state index contributed by atoms with van der Waals surface area (Å²) in [6.45, 7) is 6.68. The first-order valence-electron chi connectivity index (χ1n) is 13.5. The lowest BCUT2D eigenvalue weighted by molar-refractivity contribution is -0.145. The second-order valence-corrected chi connectivity index (χ2v) is 12.2. The van der Waals surface area contributed by atoms with E-state index in [0.29, 0.717) is 38.1 Å². The standard InChI is InChI=1S/C30H39N3O4/c1-5-20-8-10-21(11-9-20)19-31-27(36)24-7-6-16-33(24)28(37)25(29(2,3)4)32-26(35)22-12-14-30(15-13-22)17-23(34)18-30/h1,8-11,22,24-25H,6-7,12-19H2,2-4H3,(H,31,36)(H,32,35). The quantitative estimate of drug-likeness (QED) is 0.580. The summed E-state index contributed by atoms with van der Waals surface area (Å²) in [5, 5.41) is 6.02. The van der Waals surface area contributed by atoms with Gasteiger partial charge in [-0.15, -0.1) is 6.42 Å². The van der Waals surface area contributed by atoms with Crippen LogP contribution in [0.25, 0.3) is 0 Å². The van der Waals surface area contributed by atoms with Crippen LogP contribution in [0, 0.1) is 29.1 Å². The first-order chi connectivity index (χ1) is 17.5. The largest absolute Gasteiger partial charge is 0.350 e. The Hall–Kier alpha value is -3.14. The minimum atomic E-state index is -0.717. The van der Waals surface area contributed by atoms with Crippen LogP contribution in [-0.2, 0) is 25.7 Å². The minimum absolute atomic E-state index is 0.0932. The summed E-state index contributed by atoms with van der Waals surface area (Å²) in [6.07, 6.45) is 11.3. The summed E-state index contributed by atoms with van der Waals surface area (Å²) in [4.78, 5) is 53.2. The topological polar surface area (TPSA) is 95.6 Å². The van der Waals surface area contributed by atoms with Gasteiger partial charge in [0.2, 0.25) is 17.7 Å². The normalized spacial score (nSPS) is 22.2. The number of rotatable bonds is 6. The molecule has 37 heavy (non-hydrogen) atoms. The molecular weight excluding hydrogens is 466 g/mol. The molecule has 2 N–H and O–H groups in total. The van der Waals surface area contributed by atoms with Crippen LogP contribution in [-0.4, -0.2) is 47.0 Å². The number of carbonyl (C=O) groups is 4. The summed E-state index contributed by atoms with van der Waals surface area (Å²) in [6, 6.07) is 6.17. The number of carbonyl (C=O) groups excluding carboxylic acids is 4. The van der Waals surface area contributed by atoms with Crippen molar-refractivity contribution in [1.29, 1.82) is 0 Å². The molecule has 1 spiro atoms. The molecule has 1 aromatic carbocycles. The summed E-state index contributed by atoms with van der Waals surface area (Å²) in [7, 11) is 0. The molecule has 2 saturated carbocycles. The average Bonchev–Trinajstić information content (AvgIpc) is 3.35. The number of amides is 3. The highest BCUT2D eigenvalue weighted by Crippen LogP contribution is 2.51. The predicted octanol–water partition coefficient (Wildman–Crippen LogP) is 3.35. The van der Waals surface area contributed by atoms with Gasteiger partial charge in [0.25, 0.3) is 0 Å². The maximum absolute atomic E-state index is 13.7. The highest BCUT2D eigenvalue weighted by Gasteiger charge is 2.47. The second-order valence-electron chi connectivity index (χ2n) is 12.2. The summed E-state index contributed by atoms with van der Waals surface area (Å²) >= 11 is 0. The SMILES string of the molecule is C#Cc1ccc(CNC(=O)C2CCCN2C(=O)C(NC(=O)C2CCC3(CC2)CC(=O)C3)C(C)(C)C)cc1. The van der Waals surface area contributed by atoms with Crippen molar-refractivity contribution in [3.05, 3.63) is 35.4 Å². The van der Waals surface area contributed by atoms with Crippen LogP contribution in [0.1, 0.15) is 83.3 Å². The van der Waals surface area contributed by atoms with E-state index in [-0.39, 0.29) is 29.1 Å². The minimum Gasteiger partial charge on any atom is -0.350 e. The highest BCUT2D eigenvalue weighted by molar-refractivity contribution is 5.93. The van der Waals surface area contributed by atoms with Crippen molar-refractivity contribution in [2.24, 2.45) is 16.7 Å². The van der Waals surface area contributed by atoms with Gasteiger partial charge in [-0.2, -0.15) is 0 Å². The zero-order valence-electron chi connectivity index (χ0n) is 22.3. The summed E-state index contributed by atoms with van der Waals surface area (Å²) in [5.74, 6) is 2.29. The molecule has 0 bridgehead atoms. The van der Waals surface area contributed by atoms with E-state index >= 15 is 0 Å². The Bertz CT molecular complexity index is 1080. The molecule has 0 aromatic heterocycles. The first kappa shape index (κ1) is 26.9. The van der Waals surface area contributed by atoms with Crippen molar-refractivity contribution in [2.75, 3.05) is 6.54 Å². The fourth-order valence-electron chi connectivity index (χ4n) is 6.03. The monoisotopic (exact) mass is 505 g/mol. The van der Waals surface area contributed by atoms with E-state index in [1.807, 2.05) is 45.0 Å². The molecule has 3 aliphatic rings. The number of ketones is 1. The molecule has 4 rings (SSSR count). The molecule has 1 saturated heterocycles. The van der Waals surface area contributed by atoms with Gasteiger partial charge in [0, 0.05) is 37.4 Å². The van der Waals surface area contributed by atoms with Crippen LogP contribution in [0.3, 0.4) is 0 Å². The van der Waals surface area contributed by atoms with Gasteiger partial charge in [0.05, 0.1) is 0 Å². The predicted molar refractivity (Wildman–Crippen MR) is 141 cm³/mol. The smallest absolute Gasteiger partial charge is 0.246 e. The first-order valence-corrected chi connectivity index (χ1v) is 13.5. The molecule has 2 atom stereocenters. The van der Waals surface area contributed by atoms with Crippen molar-refractivity contribution in [3.8, 4) is 12.3 Å². The van der Waals surface area contributed by atoms with Crippen LogP contribution >= 0.6 is 0 Å². The van der Waals surface area contributed by atoms with Gasteiger partial charge in [0.1, 0.15) is 17.9 Å². The number of benzene rings is 1. The molecule has 198 valence electrons. The van der Waals surface area contributed by atoms with E-state index < -0.39 is 17.5 Å². The van der Waals surface area contributed by atoms with Crippen LogP contribution in [0.15, 0.2) is 24.3 Å². The van der Waals surface area contributed by atoms with Crippen molar-refractivity contribution in [3.63, 3.8) is 0 Å². The molecular formula is C30H39N3O4. The zero-order chi connectivity index (χ0) is 26.8. The second kappa shape index (κ2) is 10.7. The van der Waals surface area contributed by atoms with E-state index in [0.717, 1.165) is 43.2 Å².